The highest BCUT2D eigenvalue weighted by atomic mass is 16.3. The summed E-state index contributed by atoms with van der Waals surface area (Å²) in [6.45, 7) is 10.2. The molecule has 1 heterocycles. The molecule has 0 radical (unpaired) electrons. The lowest BCUT2D eigenvalue weighted by atomic mass is 9.88. The van der Waals surface area contributed by atoms with E-state index in [1.807, 2.05) is 26.8 Å². The van der Waals surface area contributed by atoms with Gasteiger partial charge in [0.25, 0.3) is 0 Å². The third-order valence-electron chi connectivity index (χ3n) is 3.94. The molecule has 2 rings (SSSR count). The molecular formula is C17H23N5O. The van der Waals surface area contributed by atoms with Crippen LogP contribution in [0.25, 0.3) is 0 Å². The summed E-state index contributed by atoms with van der Waals surface area (Å²) in [6, 6.07) is 2.13. The quantitative estimate of drug-likeness (QED) is 0.794. The highest BCUT2D eigenvalue weighted by Gasteiger charge is 2.24. The lowest BCUT2D eigenvalue weighted by Gasteiger charge is -2.19. The average Bonchev–Trinajstić information content (AvgIpc) is 2.89. The largest absolute Gasteiger partial charge is 0.506 e. The van der Waals surface area contributed by atoms with Crippen LogP contribution < -0.4 is 0 Å². The summed E-state index contributed by atoms with van der Waals surface area (Å²) in [5.74, 6) is 1.14. The minimum atomic E-state index is -0.235. The fraction of sp³-hybridized carbons (Fsp3) is 0.529. The second-order valence-corrected chi connectivity index (χ2v) is 7.14. The van der Waals surface area contributed by atoms with Gasteiger partial charge in [0.15, 0.2) is 0 Å². The van der Waals surface area contributed by atoms with E-state index in [-0.39, 0.29) is 17.0 Å². The van der Waals surface area contributed by atoms with E-state index in [1.54, 1.807) is 6.08 Å². The van der Waals surface area contributed by atoms with Crippen LogP contribution in [0.15, 0.2) is 33.8 Å². The fourth-order valence-corrected chi connectivity index (χ4v) is 2.41. The predicted molar refractivity (Wildman–Crippen MR) is 88.3 cm³/mol. The van der Waals surface area contributed by atoms with Crippen molar-refractivity contribution in [2.45, 2.75) is 46.5 Å². The number of hydrogen-bond acceptors (Lipinski definition) is 5. The molecule has 1 aromatic heterocycles. The first-order chi connectivity index (χ1) is 10.7. The highest BCUT2D eigenvalue weighted by molar-refractivity contribution is 5.52. The van der Waals surface area contributed by atoms with E-state index in [2.05, 4.69) is 40.3 Å². The lowest BCUT2D eigenvalue weighted by Crippen LogP contribution is -2.13. The Morgan fingerprint density at radius 1 is 1.39 bits per heavy atom. The summed E-state index contributed by atoms with van der Waals surface area (Å²) in [6.07, 6.45) is 4.48. The molecule has 0 bridgehead atoms. The second-order valence-electron chi connectivity index (χ2n) is 7.14. The molecule has 0 fully saturated rings. The molecule has 23 heavy (non-hydrogen) atoms. The Balaban J connectivity index is 2.32. The minimum absolute atomic E-state index is 0.121. The third-order valence-corrected chi connectivity index (χ3v) is 3.94. The molecule has 0 amide bonds. The summed E-state index contributed by atoms with van der Waals surface area (Å²) in [5, 5.41) is 34.4. The van der Waals surface area contributed by atoms with Gasteiger partial charge in [-0.1, -0.05) is 34.6 Å². The van der Waals surface area contributed by atoms with Crippen LogP contribution in [0.5, 0.6) is 0 Å². The number of aliphatic hydroxyl groups excluding tert-OH is 1. The van der Waals surface area contributed by atoms with Crippen LogP contribution in [0.2, 0.25) is 0 Å². The molecule has 1 aliphatic rings. The van der Waals surface area contributed by atoms with Crippen molar-refractivity contribution in [3.63, 3.8) is 0 Å². The third kappa shape index (κ3) is 3.67. The Hall–Kier alpha value is -2.42. The number of aliphatic hydroxyl groups is 1. The zero-order valence-electron chi connectivity index (χ0n) is 14.3. The van der Waals surface area contributed by atoms with E-state index in [4.69, 9.17) is 0 Å². The smallest absolute Gasteiger partial charge is 0.213 e. The SMILES string of the molecule is CC(C)C1C=C(/N=N/c2n[nH]c(C(C)(C)C)c2C#N)C(O)=CC1. The normalized spacial score (nSPS) is 18.9. The monoisotopic (exact) mass is 313 g/mol. The molecule has 122 valence electrons. The first-order valence-electron chi connectivity index (χ1n) is 7.76. The van der Waals surface area contributed by atoms with E-state index < -0.39 is 0 Å². The van der Waals surface area contributed by atoms with Crippen LogP contribution >= 0.6 is 0 Å². The van der Waals surface area contributed by atoms with Crippen molar-refractivity contribution in [1.29, 1.82) is 5.26 Å². The van der Waals surface area contributed by atoms with Crippen molar-refractivity contribution in [1.82, 2.24) is 10.2 Å². The van der Waals surface area contributed by atoms with Crippen molar-refractivity contribution in [2.24, 2.45) is 22.1 Å². The second kappa shape index (κ2) is 6.37. The molecule has 1 aliphatic carbocycles. The molecule has 0 saturated carbocycles. The summed E-state index contributed by atoms with van der Waals surface area (Å²) in [4.78, 5) is 0. The molecule has 6 heteroatoms. The van der Waals surface area contributed by atoms with Crippen LogP contribution in [0.4, 0.5) is 5.82 Å². The molecule has 0 spiro atoms. The molecule has 0 aromatic carbocycles. The summed E-state index contributed by atoms with van der Waals surface area (Å²) < 4.78 is 0. The number of hydrogen-bond donors (Lipinski definition) is 2. The Labute approximate surface area is 136 Å². The first-order valence-corrected chi connectivity index (χ1v) is 7.76. The van der Waals surface area contributed by atoms with Crippen molar-refractivity contribution >= 4 is 5.82 Å². The van der Waals surface area contributed by atoms with Gasteiger partial charge in [0.05, 0.1) is 5.69 Å². The maximum absolute atomic E-state index is 9.95. The molecule has 1 unspecified atom stereocenters. The number of rotatable bonds is 3. The van der Waals surface area contributed by atoms with Gasteiger partial charge in [0.2, 0.25) is 5.82 Å². The average molecular weight is 313 g/mol. The predicted octanol–water partition coefficient (Wildman–Crippen LogP) is 4.66. The van der Waals surface area contributed by atoms with Crippen LogP contribution in [0.1, 0.15) is 52.3 Å². The molecule has 1 atom stereocenters. The van der Waals surface area contributed by atoms with Gasteiger partial charge in [-0.05, 0) is 30.4 Å². The van der Waals surface area contributed by atoms with E-state index in [0.717, 1.165) is 12.1 Å². The molecule has 0 aliphatic heterocycles. The van der Waals surface area contributed by atoms with Crippen LogP contribution in [-0.2, 0) is 5.41 Å². The van der Waals surface area contributed by atoms with Gasteiger partial charge in [-0.2, -0.15) is 10.4 Å². The summed E-state index contributed by atoms with van der Waals surface area (Å²) in [5.41, 5.74) is 1.31. The van der Waals surface area contributed by atoms with Gasteiger partial charge in [0, 0.05) is 5.41 Å². The van der Waals surface area contributed by atoms with E-state index >= 15 is 0 Å². The Kier molecular flexibility index (Phi) is 4.69. The maximum Gasteiger partial charge on any atom is 0.213 e. The first kappa shape index (κ1) is 16.9. The van der Waals surface area contributed by atoms with Gasteiger partial charge >= 0.3 is 0 Å². The van der Waals surface area contributed by atoms with E-state index in [0.29, 0.717) is 23.1 Å². The topological polar surface area (TPSA) is 97.4 Å². The standard InChI is InChI=1S/C17H23N5O/c1-10(2)11-6-7-14(23)13(8-11)19-21-16-12(9-18)15(20-22-16)17(3,4)5/h7-8,10-11,23H,6H2,1-5H3,(H,20,22)/b21-19+. The van der Waals surface area contributed by atoms with Crippen molar-refractivity contribution in [2.75, 3.05) is 0 Å². The highest BCUT2D eigenvalue weighted by Crippen LogP contribution is 2.31. The van der Waals surface area contributed by atoms with Gasteiger partial charge in [-0.3, -0.25) is 5.10 Å². The van der Waals surface area contributed by atoms with Crippen molar-refractivity contribution in [3.8, 4) is 6.07 Å². The van der Waals surface area contributed by atoms with Crippen LogP contribution in [0.3, 0.4) is 0 Å². The van der Waals surface area contributed by atoms with E-state index in [1.165, 1.54) is 0 Å². The zero-order chi connectivity index (χ0) is 17.2. The molecule has 0 saturated heterocycles. The van der Waals surface area contributed by atoms with Crippen molar-refractivity contribution in [3.05, 3.63) is 34.9 Å². The molecular weight excluding hydrogens is 290 g/mol. The van der Waals surface area contributed by atoms with Crippen LogP contribution in [0, 0.1) is 23.2 Å². The minimum Gasteiger partial charge on any atom is -0.506 e. The molecule has 6 nitrogen and oxygen atoms in total. The van der Waals surface area contributed by atoms with E-state index in [9.17, 15) is 10.4 Å². The Bertz CT molecular complexity index is 710. The van der Waals surface area contributed by atoms with Gasteiger partial charge in [0.1, 0.15) is 23.1 Å². The fourth-order valence-electron chi connectivity index (χ4n) is 2.41. The number of aromatic nitrogens is 2. The Morgan fingerprint density at radius 3 is 2.65 bits per heavy atom. The lowest BCUT2D eigenvalue weighted by molar-refractivity contribution is 0.391. The number of nitrogens with one attached hydrogen (secondary N) is 1. The van der Waals surface area contributed by atoms with Gasteiger partial charge in [-0.15, -0.1) is 10.2 Å². The van der Waals surface area contributed by atoms with Crippen molar-refractivity contribution < 1.29 is 5.11 Å². The number of azo groups is 1. The van der Waals surface area contributed by atoms with Gasteiger partial charge < -0.3 is 5.11 Å². The number of nitrogens with zero attached hydrogens (tertiary/aromatic N) is 4. The maximum atomic E-state index is 9.95. The number of H-pyrrole nitrogens is 1. The Morgan fingerprint density at radius 2 is 2.09 bits per heavy atom. The zero-order valence-corrected chi connectivity index (χ0v) is 14.3. The summed E-state index contributed by atoms with van der Waals surface area (Å²) in [7, 11) is 0. The molecule has 1 aromatic rings. The number of allylic oxidation sites excluding steroid dienone is 2. The molecule has 2 N–H and O–H groups in total. The van der Waals surface area contributed by atoms with Crippen LogP contribution in [-0.4, -0.2) is 15.3 Å². The number of nitriles is 1. The van der Waals surface area contributed by atoms with Gasteiger partial charge in [-0.25, -0.2) is 0 Å². The number of aromatic amines is 1. The summed E-state index contributed by atoms with van der Waals surface area (Å²) >= 11 is 0.